The molecule has 0 aliphatic carbocycles. The van der Waals surface area contributed by atoms with Crippen LogP contribution < -0.4 is 0 Å². The summed E-state index contributed by atoms with van der Waals surface area (Å²) in [6, 6.07) is 7.08. The lowest BCUT2D eigenvalue weighted by Gasteiger charge is -2.06. The number of esters is 1. The van der Waals surface area contributed by atoms with E-state index in [4.69, 9.17) is 4.74 Å². The third-order valence-corrected chi connectivity index (χ3v) is 2.66. The van der Waals surface area contributed by atoms with Crippen molar-refractivity contribution in [2.24, 2.45) is 0 Å². The van der Waals surface area contributed by atoms with Crippen LogP contribution in [0, 0.1) is 0 Å². The second kappa shape index (κ2) is 4.96. The van der Waals surface area contributed by atoms with Gasteiger partial charge in [0.1, 0.15) is 5.78 Å². The van der Waals surface area contributed by atoms with Gasteiger partial charge in [-0.3, -0.25) is 9.78 Å². The fourth-order valence-corrected chi connectivity index (χ4v) is 1.88. The fraction of sp³-hybridized carbons (Fsp3) is 0.214. The highest BCUT2D eigenvalue weighted by molar-refractivity contribution is 6.03. The Morgan fingerprint density at radius 3 is 2.72 bits per heavy atom. The van der Waals surface area contributed by atoms with Gasteiger partial charge in [-0.1, -0.05) is 6.07 Å². The summed E-state index contributed by atoms with van der Waals surface area (Å²) in [5, 5.41) is 0.711. The molecule has 4 heteroatoms. The standard InChI is InChI=1S/C14H13NO3/c1-9(16)7-10-3-4-13-12(8-10)11(5-6-15-13)14(17)18-2/h3-6,8H,7H2,1-2H3. The first kappa shape index (κ1) is 12.2. The predicted octanol–water partition coefficient (Wildman–Crippen LogP) is 2.15. The van der Waals surface area contributed by atoms with Gasteiger partial charge in [-0.2, -0.15) is 0 Å². The van der Waals surface area contributed by atoms with E-state index in [1.54, 1.807) is 18.3 Å². The predicted molar refractivity (Wildman–Crippen MR) is 67.5 cm³/mol. The molecule has 0 unspecified atom stereocenters. The molecular weight excluding hydrogens is 230 g/mol. The van der Waals surface area contributed by atoms with Crippen LogP contribution in [0.2, 0.25) is 0 Å². The molecule has 1 aromatic heterocycles. The molecule has 0 aliphatic rings. The van der Waals surface area contributed by atoms with Crippen LogP contribution in [0.3, 0.4) is 0 Å². The molecule has 4 nitrogen and oxygen atoms in total. The van der Waals surface area contributed by atoms with Gasteiger partial charge in [0.25, 0.3) is 0 Å². The van der Waals surface area contributed by atoms with Crippen molar-refractivity contribution in [3.63, 3.8) is 0 Å². The van der Waals surface area contributed by atoms with Crippen LogP contribution >= 0.6 is 0 Å². The van der Waals surface area contributed by atoms with Crippen LogP contribution in [0.15, 0.2) is 30.5 Å². The Kier molecular flexibility index (Phi) is 3.37. The number of nitrogens with zero attached hydrogens (tertiary/aromatic N) is 1. The summed E-state index contributed by atoms with van der Waals surface area (Å²) in [6.45, 7) is 1.54. The van der Waals surface area contributed by atoms with E-state index in [-0.39, 0.29) is 5.78 Å². The molecule has 2 aromatic rings. The lowest BCUT2D eigenvalue weighted by Crippen LogP contribution is -2.03. The molecule has 1 heterocycles. The maximum atomic E-state index is 11.6. The van der Waals surface area contributed by atoms with Gasteiger partial charge in [-0.25, -0.2) is 4.79 Å². The number of aromatic nitrogens is 1. The van der Waals surface area contributed by atoms with E-state index in [1.165, 1.54) is 14.0 Å². The lowest BCUT2D eigenvalue weighted by atomic mass is 10.0. The molecule has 0 N–H and O–H groups in total. The SMILES string of the molecule is COC(=O)c1ccnc2ccc(CC(C)=O)cc12. The first-order chi connectivity index (χ1) is 8.61. The number of rotatable bonds is 3. The molecule has 0 atom stereocenters. The van der Waals surface area contributed by atoms with E-state index in [9.17, 15) is 9.59 Å². The normalized spacial score (nSPS) is 10.3. The van der Waals surface area contributed by atoms with Crippen LogP contribution in [0.4, 0.5) is 0 Å². The molecule has 92 valence electrons. The number of pyridine rings is 1. The summed E-state index contributed by atoms with van der Waals surface area (Å²) in [5.41, 5.74) is 2.05. The van der Waals surface area contributed by atoms with Crippen LogP contribution in [-0.4, -0.2) is 23.8 Å². The summed E-state index contributed by atoms with van der Waals surface area (Å²) in [7, 11) is 1.34. The van der Waals surface area contributed by atoms with Crippen LogP contribution in [0.1, 0.15) is 22.8 Å². The van der Waals surface area contributed by atoms with Crippen molar-refractivity contribution in [1.82, 2.24) is 4.98 Å². The lowest BCUT2D eigenvalue weighted by molar-refractivity contribution is -0.116. The Morgan fingerprint density at radius 1 is 1.28 bits per heavy atom. The van der Waals surface area contributed by atoms with Gasteiger partial charge in [0.15, 0.2) is 0 Å². The molecule has 0 fully saturated rings. The summed E-state index contributed by atoms with van der Waals surface area (Å²) in [5.74, 6) is -0.319. The molecule has 0 amide bonds. The van der Waals surface area contributed by atoms with Crippen molar-refractivity contribution < 1.29 is 14.3 Å². The van der Waals surface area contributed by atoms with Crippen molar-refractivity contribution in [2.45, 2.75) is 13.3 Å². The highest BCUT2D eigenvalue weighted by Crippen LogP contribution is 2.19. The largest absolute Gasteiger partial charge is 0.465 e. The zero-order valence-corrected chi connectivity index (χ0v) is 10.3. The minimum Gasteiger partial charge on any atom is -0.465 e. The number of ketones is 1. The van der Waals surface area contributed by atoms with Crippen molar-refractivity contribution in [2.75, 3.05) is 7.11 Å². The Labute approximate surface area is 105 Å². The van der Waals surface area contributed by atoms with Gasteiger partial charge < -0.3 is 4.74 Å². The Balaban J connectivity index is 2.58. The van der Waals surface area contributed by atoms with Crippen LogP contribution in [-0.2, 0) is 16.0 Å². The molecule has 0 saturated heterocycles. The number of benzene rings is 1. The quantitative estimate of drug-likeness (QED) is 0.775. The second-order valence-electron chi connectivity index (χ2n) is 4.08. The molecule has 1 aromatic carbocycles. The summed E-state index contributed by atoms with van der Waals surface area (Å²) >= 11 is 0. The van der Waals surface area contributed by atoms with Gasteiger partial charge in [-0.15, -0.1) is 0 Å². The third kappa shape index (κ3) is 2.37. The smallest absolute Gasteiger partial charge is 0.338 e. The Bertz CT molecular complexity index is 619. The minimum atomic E-state index is -0.401. The summed E-state index contributed by atoms with van der Waals surface area (Å²) in [4.78, 5) is 26.9. The van der Waals surface area contributed by atoms with E-state index in [0.717, 1.165) is 5.56 Å². The first-order valence-electron chi connectivity index (χ1n) is 5.57. The number of methoxy groups -OCH3 is 1. The van der Waals surface area contributed by atoms with Gasteiger partial charge in [0.05, 0.1) is 18.2 Å². The zero-order chi connectivity index (χ0) is 13.1. The fourth-order valence-electron chi connectivity index (χ4n) is 1.88. The minimum absolute atomic E-state index is 0.0814. The highest BCUT2D eigenvalue weighted by Gasteiger charge is 2.11. The molecule has 18 heavy (non-hydrogen) atoms. The van der Waals surface area contributed by atoms with E-state index in [2.05, 4.69) is 4.98 Å². The van der Waals surface area contributed by atoms with E-state index >= 15 is 0 Å². The topological polar surface area (TPSA) is 56.3 Å². The van der Waals surface area contributed by atoms with Crippen molar-refractivity contribution in [3.8, 4) is 0 Å². The highest BCUT2D eigenvalue weighted by atomic mass is 16.5. The third-order valence-electron chi connectivity index (χ3n) is 2.66. The summed E-state index contributed by atoms with van der Waals surface area (Å²) in [6.07, 6.45) is 1.92. The number of Topliss-reactive ketones (excluding diaryl/α,β-unsaturated/α-hetero) is 1. The zero-order valence-electron chi connectivity index (χ0n) is 10.3. The van der Waals surface area contributed by atoms with Gasteiger partial charge >= 0.3 is 5.97 Å². The number of ether oxygens (including phenoxy) is 1. The van der Waals surface area contributed by atoms with E-state index < -0.39 is 5.97 Å². The van der Waals surface area contributed by atoms with E-state index in [0.29, 0.717) is 22.9 Å². The Hall–Kier alpha value is -2.23. The number of hydrogen-bond acceptors (Lipinski definition) is 4. The Morgan fingerprint density at radius 2 is 2.06 bits per heavy atom. The average molecular weight is 243 g/mol. The summed E-state index contributed by atoms with van der Waals surface area (Å²) < 4.78 is 4.73. The second-order valence-corrected chi connectivity index (χ2v) is 4.08. The number of carbonyl (C=O) groups excluding carboxylic acids is 2. The molecule has 0 aliphatic heterocycles. The molecule has 2 rings (SSSR count). The van der Waals surface area contributed by atoms with Gasteiger partial charge in [-0.05, 0) is 30.7 Å². The van der Waals surface area contributed by atoms with Crippen LogP contribution in [0.5, 0.6) is 0 Å². The number of fused-ring (bicyclic) bond motifs is 1. The van der Waals surface area contributed by atoms with E-state index in [1.807, 2.05) is 12.1 Å². The molecular formula is C14H13NO3. The molecule has 0 saturated carbocycles. The number of hydrogen-bond donors (Lipinski definition) is 0. The van der Waals surface area contributed by atoms with Crippen molar-refractivity contribution in [3.05, 3.63) is 41.6 Å². The van der Waals surface area contributed by atoms with Gasteiger partial charge in [0, 0.05) is 18.0 Å². The molecule has 0 bridgehead atoms. The van der Waals surface area contributed by atoms with Crippen molar-refractivity contribution >= 4 is 22.7 Å². The first-order valence-corrected chi connectivity index (χ1v) is 5.57. The molecule has 0 spiro atoms. The van der Waals surface area contributed by atoms with Crippen LogP contribution in [0.25, 0.3) is 10.9 Å². The number of carbonyl (C=O) groups is 2. The maximum Gasteiger partial charge on any atom is 0.338 e. The monoisotopic (exact) mass is 243 g/mol. The maximum absolute atomic E-state index is 11.6. The van der Waals surface area contributed by atoms with Gasteiger partial charge in [0.2, 0.25) is 0 Å². The van der Waals surface area contributed by atoms with Crippen molar-refractivity contribution in [1.29, 1.82) is 0 Å². The average Bonchev–Trinajstić information content (AvgIpc) is 2.36. The molecule has 0 radical (unpaired) electrons.